The first kappa shape index (κ1) is 13.2. The summed E-state index contributed by atoms with van der Waals surface area (Å²) >= 11 is 9.34. The third kappa shape index (κ3) is 2.44. The number of benzene rings is 2. The van der Waals surface area contributed by atoms with Gasteiger partial charge in [0, 0.05) is 32.2 Å². The fraction of sp³-hybridized carbons (Fsp3) is 0. The summed E-state index contributed by atoms with van der Waals surface area (Å²) in [5.74, 6) is -0.168. The van der Waals surface area contributed by atoms with Crippen molar-refractivity contribution >= 4 is 50.0 Å². The minimum atomic E-state index is -0.168. The van der Waals surface area contributed by atoms with Crippen LogP contribution in [0.1, 0.15) is 10.4 Å². The number of carbonyl (C=O) groups excluding carboxylic acids is 1. The molecule has 0 aliphatic heterocycles. The molecule has 1 heterocycles. The van der Waals surface area contributed by atoms with Crippen molar-refractivity contribution in [2.45, 2.75) is 0 Å². The van der Waals surface area contributed by atoms with Crippen molar-refractivity contribution in [3.63, 3.8) is 0 Å². The summed E-state index contributed by atoms with van der Waals surface area (Å²) in [6.45, 7) is 0. The second-order valence-electron chi connectivity index (χ2n) is 4.32. The number of halogens is 2. The van der Waals surface area contributed by atoms with Crippen LogP contribution in [-0.2, 0) is 0 Å². The van der Waals surface area contributed by atoms with Crippen molar-refractivity contribution in [2.24, 2.45) is 0 Å². The fourth-order valence-corrected chi connectivity index (χ4v) is 2.58. The third-order valence-corrected chi connectivity index (χ3v) is 3.94. The first-order valence-corrected chi connectivity index (χ1v) is 7.15. The lowest BCUT2D eigenvalue weighted by atomic mass is 10.1. The van der Waals surface area contributed by atoms with E-state index in [1.807, 2.05) is 24.4 Å². The number of amides is 1. The van der Waals surface area contributed by atoms with Gasteiger partial charge >= 0.3 is 0 Å². The molecule has 0 radical (unpaired) electrons. The molecule has 3 aromatic rings. The van der Waals surface area contributed by atoms with E-state index in [4.69, 9.17) is 11.6 Å². The number of nitrogens with one attached hydrogen (secondary N) is 2. The number of anilines is 1. The van der Waals surface area contributed by atoms with E-state index in [9.17, 15) is 4.79 Å². The van der Waals surface area contributed by atoms with Crippen molar-refractivity contribution in [3.8, 4) is 0 Å². The maximum absolute atomic E-state index is 12.4. The standard InChI is InChI=1S/C15H10BrClN2O/c16-12-5-4-9(17)8-14(12)19-15(20)11-2-1-3-13-10(11)6-7-18-13/h1-8,18H,(H,19,20). The van der Waals surface area contributed by atoms with Crippen LogP contribution in [0.3, 0.4) is 0 Å². The summed E-state index contributed by atoms with van der Waals surface area (Å²) in [6.07, 6.45) is 1.82. The third-order valence-electron chi connectivity index (χ3n) is 3.02. The topological polar surface area (TPSA) is 44.9 Å². The van der Waals surface area contributed by atoms with Crippen LogP contribution in [0.4, 0.5) is 5.69 Å². The molecule has 0 fully saturated rings. The van der Waals surface area contributed by atoms with Crippen LogP contribution in [0, 0.1) is 0 Å². The number of hydrogen-bond donors (Lipinski definition) is 2. The molecule has 0 spiro atoms. The number of fused-ring (bicyclic) bond motifs is 1. The van der Waals surface area contributed by atoms with Gasteiger partial charge in [0.25, 0.3) is 5.91 Å². The van der Waals surface area contributed by atoms with Crippen molar-refractivity contribution in [1.29, 1.82) is 0 Å². The van der Waals surface area contributed by atoms with Gasteiger partial charge in [-0.3, -0.25) is 4.79 Å². The molecule has 3 rings (SSSR count). The summed E-state index contributed by atoms with van der Waals surface area (Å²) in [6, 6.07) is 12.7. The molecule has 2 N–H and O–H groups in total. The van der Waals surface area contributed by atoms with Crippen LogP contribution in [0.5, 0.6) is 0 Å². The Morgan fingerprint density at radius 3 is 2.90 bits per heavy atom. The Hall–Kier alpha value is -1.78. The number of aromatic amines is 1. The summed E-state index contributed by atoms with van der Waals surface area (Å²) in [5.41, 5.74) is 2.20. The van der Waals surface area contributed by atoms with Crippen LogP contribution in [-0.4, -0.2) is 10.9 Å². The second kappa shape index (κ2) is 5.31. The molecule has 5 heteroatoms. The first-order chi connectivity index (χ1) is 9.65. The molecule has 0 aliphatic carbocycles. The van der Waals surface area contributed by atoms with Crippen molar-refractivity contribution in [1.82, 2.24) is 4.98 Å². The Morgan fingerprint density at radius 1 is 1.20 bits per heavy atom. The number of rotatable bonds is 2. The predicted octanol–water partition coefficient (Wildman–Crippen LogP) is 4.84. The van der Waals surface area contributed by atoms with Crippen molar-refractivity contribution in [2.75, 3.05) is 5.32 Å². The average Bonchev–Trinajstić information content (AvgIpc) is 2.91. The molecule has 0 bridgehead atoms. The molecular weight excluding hydrogens is 340 g/mol. The maximum Gasteiger partial charge on any atom is 0.256 e. The van der Waals surface area contributed by atoms with Gasteiger partial charge in [-0.1, -0.05) is 17.7 Å². The van der Waals surface area contributed by atoms with E-state index in [2.05, 4.69) is 26.2 Å². The highest BCUT2D eigenvalue weighted by atomic mass is 79.9. The normalized spacial score (nSPS) is 10.7. The van der Waals surface area contributed by atoms with Crippen LogP contribution in [0.2, 0.25) is 5.02 Å². The Balaban J connectivity index is 1.97. The molecule has 1 aromatic heterocycles. The Bertz CT molecular complexity index is 797. The minimum absolute atomic E-state index is 0.168. The Labute approximate surface area is 129 Å². The summed E-state index contributed by atoms with van der Waals surface area (Å²) in [4.78, 5) is 15.5. The molecule has 0 unspecified atom stereocenters. The first-order valence-electron chi connectivity index (χ1n) is 5.97. The van der Waals surface area contributed by atoms with E-state index in [0.717, 1.165) is 15.4 Å². The summed E-state index contributed by atoms with van der Waals surface area (Å²) in [7, 11) is 0. The van der Waals surface area contributed by atoms with Gasteiger partial charge in [0.15, 0.2) is 0 Å². The number of H-pyrrole nitrogens is 1. The molecule has 1 amide bonds. The zero-order valence-corrected chi connectivity index (χ0v) is 12.6. The maximum atomic E-state index is 12.4. The quantitative estimate of drug-likeness (QED) is 0.683. The molecule has 0 saturated heterocycles. The number of aromatic nitrogens is 1. The SMILES string of the molecule is O=C(Nc1cc(Cl)ccc1Br)c1cccc2[nH]ccc12. The molecule has 20 heavy (non-hydrogen) atoms. The van der Waals surface area contributed by atoms with E-state index in [1.54, 1.807) is 24.3 Å². The molecule has 3 nitrogen and oxygen atoms in total. The van der Waals surface area contributed by atoms with E-state index < -0.39 is 0 Å². The highest BCUT2D eigenvalue weighted by molar-refractivity contribution is 9.10. The van der Waals surface area contributed by atoms with Crippen LogP contribution < -0.4 is 5.32 Å². The molecule has 0 atom stereocenters. The monoisotopic (exact) mass is 348 g/mol. The van der Waals surface area contributed by atoms with Gasteiger partial charge < -0.3 is 10.3 Å². The van der Waals surface area contributed by atoms with Gasteiger partial charge in [0.1, 0.15) is 0 Å². The molecular formula is C15H10BrClN2O. The van der Waals surface area contributed by atoms with Crippen LogP contribution >= 0.6 is 27.5 Å². The smallest absolute Gasteiger partial charge is 0.256 e. The molecule has 2 aromatic carbocycles. The lowest BCUT2D eigenvalue weighted by Gasteiger charge is -2.08. The number of carbonyl (C=O) groups is 1. The van der Waals surface area contributed by atoms with E-state index >= 15 is 0 Å². The highest BCUT2D eigenvalue weighted by Gasteiger charge is 2.12. The van der Waals surface area contributed by atoms with Gasteiger partial charge in [-0.25, -0.2) is 0 Å². The van der Waals surface area contributed by atoms with E-state index in [-0.39, 0.29) is 5.91 Å². The van der Waals surface area contributed by atoms with Gasteiger partial charge in [0.05, 0.1) is 5.69 Å². The van der Waals surface area contributed by atoms with Crippen LogP contribution in [0.15, 0.2) is 53.1 Å². The fourth-order valence-electron chi connectivity index (χ4n) is 2.07. The zero-order valence-electron chi connectivity index (χ0n) is 10.3. The zero-order chi connectivity index (χ0) is 14.1. The van der Waals surface area contributed by atoms with E-state index in [1.165, 1.54) is 0 Å². The van der Waals surface area contributed by atoms with Crippen molar-refractivity contribution in [3.05, 3.63) is 63.7 Å². The molecule has 0 saturated carbocycles. The number of hydrogen-bond acceptors (Lipinski definition) is 1. The Morgan fingerprint density at radius 2 is 2.05 bits per heavy atom. The second-order valence-corrected chi connectivity index (χ2v) is 5.61. The average molecular weight is 350 g/mol. The van der Waals surface area contributed by atoms with Gasteiger partial charge in [-0.15, -0.1) is 0 Å². The van der Waals surface area contributed by atoms with E-state index in [0.29, 0.717) is 16.3 Å². The van der Waals surface area contributed by atoms with Gasteiger partial charge in [0.2, 0.25) is 0 Å². The lowest BCUT2D eigenvalue weighted by molar-refractivity contribution is 0.102. The van der Waals surface area contributed by atoms with Gasteiger partial charge in [-0.2, -0.15) is 0 Å². The predicted molar refractivity (Wildman–Crippen MR) is 85.4 cm³/mol. The summed E-state index contributed by atoms with van der Waals surface area (Å²) in [5, 5.41) is 4.33. The highest BCUT2D eigenvalue weighted by Crippen LogP contribution is 2.27. The molecule has 0 aliphatic rings. The minimum Gasteiger partial charge on any atom is -0.361 e. The van der Waals surface area contributed by atoms with Crippen LogP contribution in [0.25, 0.3) is 10.9 Å². The summed E-state index contributed by atoms with van der Waals surface area (Å²) < 4.78 is 0.788. The largest absolute Gasteiger partial charge is 0.361 e. The molecule has 100 valence electrons. The van der Waals surface area contributed by atoms with Gasteiger partial charge in [-0.05, 0) is 52.3 Å². The lowest BCUT2D eigenvalue weighted by Crippen LogP contribution is -2.12. The van der Waals surface area contributed by atoms with Crippen molar-refractivity contribution < 1.29 is 4.79 Å². The Kier molecular flexibility index (Phi) is 3.51.